The molecular weight excluding hydrogens is 324 g/mol. The third-order valence-electron chi connectivity index (χ3n) is 3.02. The van der Waals surface area contributed by atoms with Crippen molar-refractivity contribution in [1.82, 2.24) is 9.55 Å². The molecule has 0 unspecified atom stereocenters. The third kappa shape index (κ3) is 2.80. The molecule has 0 fully saturated rings. The number of aryl methyl sites for hydroxylation is 2. The van der Waals surface area contributed by atoms with E-state index in [-0.39, 0.29) is 12.1 Å². The summed E-state index contributed by atoms with van der Waals surface area (Å²) in [5.41, 5.74) is 1.35. The minimum atomic E-state index is -1.20. The monoisotopic (exact) mass is 336 g/mol. The molecule has 104 valence electrons. The van der Waals surface area contributed by atoms with Gasteiger partial charge in [-0.25, -0.2) is 4.79 Å². The van der Waals surface area contributed by atoms with Gasteiger partial charge in [-0.2, -0.15) is 0 Å². The van der Waals surface area contributed by atoms with E-state index in [4.69, 9.17) is 5.11 Å². The van der Waals surface area contributed by atoms with Crippen molar-refractivity contribution in [3.05, 3.63) is 61.7 Å². The highest BCUT2D eigenvalue weighted by molar-refractivity contribution is 9.10. The number of rotatable bonds is 3. The van der Waals surface area contributed by atoms with Crippen LogP contribution in [0.2, 0.25) is 0 Å². The predicted octanol–water partition coefficient (Wildman–Crippen LogP) is 2.37. The van der Waals surface area contributed by atoms with Gasteiger partial charge < -0.3 is 9.67 Å². The first kappa shape index (κ1) is 14.5. The van der Waals surface area contributed by atoms with Crippen LogP contribution in [0.5, 0.6) is 0 Å². The van der Waals surface area contributed by atoms with Crippen LogP contribution in [0.4, 0.5) is 0 Å². The fourth-order valence-electron chi connectivity index (χ4n) is 2.11. The number of carboxylic acid groups (broad SMARTS) is 1. The molecule has 0 aliphatic carbocycles. The summed E-state index contributed by atoms with van der Waals surface area (Å²) in [4.78, 5) is 27.5. The van der Waals surface area contributed by atoms with E-state index in [1.54, 1.807) is 32.3 Å². The van der Waals surface area contributed by atoms with Gasteiger partial charge in [0.2, 0.25) is 0 Å². The number of hydrogen-bond acceptors (Lipinski definition) is 3. The van der Waals surface area contributed by atoms with Crippen molar-refractivity contribution in [1.29, 1.82) is 0 Å². The molecule has 6 heteroatoms. The summed E-state index contributed by atoms with van der Waals surface area (Å²) in [6.07, 6.45) is 3.30. The van der Waals surface area contributed by atoms with Crippen molar-refractivity contribution in [3.8, 4) is 0 Å². The summed E-state index contributed by atoms with van der Waals surface area (Å²) in [5, 5.41) is 9.14. The van der Waals surface area contributed by atoms with Crippen LogP contribution >= 0.6 is 15.9 Å². The lowest BCUT2D eigenvalue weighted by molar-refractivity contribution is 0.0693. The maximum Gasteiger partial charge on any atom is 0.341 e. The molecule has 2 rings (SSSR count). The summed E-state index contributed by atoms with van der Waals surface area (Å²) in [6.45, 7) is 3.70. The lowest BCUT2D eigenvalue weighted by Gasteiger charge is -2.12. The van der Waals surface area contributed by atoms with E-state index in [9.17, 15) is 9.59 Å². The van der Waals surface area contributed by atoms with E-state index in [1.165, 1.54) is 4.57 Å². The third-order valence-corrected chi connectivity index (χ3v) is 3.45. The molecule has 1 N–H and O–H groups in total. The lowest BCUT2D eigenvalue weighted by Crippen LogP contribution is -2.29. The van der Waals surface area contributed by atoms with Crippen molar-refractivity contribution in [2.24, 2.45) is 0 Å². The smallest absolute Gasteiger partial charge is 0.341 e. The Morgan fingerprint density at radius 1 is 1.35 bits per heavy atom. The number of nitrogens with zero attached hydrogens (tertiary/aromatic N) is 2. The maximum atomic E-state index is 12.3. The molecule has 5 nitrogen and oxygen atoms in total. The molecule has 0 aliphatic heterocycles. The van der Waals surface area contributed by atoms with Crippen molar-refractivity contribution in [3.63, 3.8) is 0 Å². The van der Waals surface area contributed by atoms with E-state index < -0.39 is 11.5 Å². The molecule has 0 bridgehead atoms. The predicted molar refractivity (Wildman–Crippen MR) is 78.2 cm³/mol. The quantitative estimate of drug-likeness (QED) is 0.933. The van der Waals surface area contributed by atoms with Gasteiger partial charge in [0.1, 0.15) is 5.56 Å². The van der Waals surface area contributed by atoms with Gasteiger partial charge in [-0.15, -0.1) is 0 Å². The minimum Gasteiger partial charge on any atom is -0.477 e. The summed E-state index contributed by atoms with van der Waals surface area (Å²) in [7, 11) is 0. The SMILES string of the molecule is Cc1cc(C)n(Cc2cncc(Br)c2)c(=O)c1C(=O)O. The van der Waals surface area contributed by atoms with Crippen LogP contribution in [-0.2, 0) is 6.54 Å². The second-order valence-electron chi connectivity index (χ2n) is 4.55. The number of halogens is 1. The molecule has 2 aromatic heterocycles. The Labute approximate surface area is 124 Å². The molecule has 2 heterocycles. The van der Waals surface area contributed by atoms with Gasteiger partial charge in [0.25, 0.3) is 5.56 Å². The topological polar surface area (TPSA) is 72.2 Å². The molecule has 0 saturated heterocycles. The van der Waals surface area contributed by atoms with E-state index in [0.717, 1.165) is 15.7 Å². The van der Waals surface area contributed by atoms with Crippen LogP contribution in [-0.4, -0.2) is 20.6 Å². The van der Waals surface area contributed by atoms with Crippen LogP contribution in [0, 0.1) is 13.8 Å². The average molecular weight is 337 g/mol. The molecule has 0 spiro atoms. The highest BCUT2D eigenvalue weighted by atomic mass is 79.9. The first-order valence-electron chi connectivity index (χ1n) is 5.94. The number of aromatic carboxylic acids is 1. The van der Waals surface area contributed by atoms with Gasteiger partial charge >= 0.3 is 5.97 Å². The van der Waals surface area contributed by atoms with Crippen LogP contribution in [0.3, 0.4) is 0 Å². The van der Waals surface area contributed by atoms with Crippen LogP contribution in [0.1, 0.15) is 27.2 Å². The van der Waals surface area contributed by atoms with Crippen LogP contribution in [0.15, 0.2) is 33.8 Å². The lowest BCUT2D eigenvalue weighted by atomic mass is 10.1. The molecule has 0 radical (unpaired) electrons. The van der Waals surface area contributed by atoms with Gasteiger partial charge in [-0.05, 0) is 53.0 Å². The largest absolute Gasteiger partial charge is 0.477 e. The van der Waals surface area contributed by atoms with E-state index in [2.05, 4.69) is 20.9 Å². The Morgan fingerprint density at radius 3 is 2.65 bits per heavy atom. The molecule has 2 aromatic rings. The zero-order valence-electron chi connectivity index (χ0n) is 11.1. The Bertz CT molecular complexity index is 738. The van der Waals surface area contributed by atoms with Gasteiger partial charge in [0.15, 0.2) is 0 Å². The van der Waals surface area contributed by atoms with Crippen molar-refractivity contribution in [2.45, 2.75) is 20.4 Å². The molecule has 0 saturated carbocycles. The van der Waals surface area contributed by atoms with Crippen molar-refractivity contribution in [2.75, 3.05) is 0 Å². The fourth-order valence-corrected chi connectivity index (χ4v) is 2.52. The minimum absolute atomic E-state index is 0.182. The molecule has 0 atom stereocenters. The number of aromatic nitrogens is 2. The highest BCUT2D eigenvalue weighted by Gasteiger charge is 2.16. The highest BCUT2D eigenvalue weighted by Crippen LogP contribution is 2.12. The van der Waals surface area contributed by atoms with Gasteiger partial charge in [-0.1, -0.05) is 0 Å². The number of pyridine rings is 2. The second-order valence-corrected chi connectivity index (χ2v) is 5.47. The Hall–Kier alpha value is -1.95. The fraction of sp³-hybridized carbons (Fsp3) is 0.214. The molecule has 20 heavy (non-hydrogen) atoms. The van der Waals surface area contributed by atoms with Crippen molar-refractivity contribution >= 4 is 21.9 Å². The van der Waals surface area contributed by atoms with E-state index >= 15 is 0 Å². The Morgan fingerprint density at radius 2 is 2.05 bits per heavy atom. The molecular formula is C14H13BrN2O3. The van der Waals surface area contributed by atoms with E-state index in [1.807, 2.05) is 6.07 Å². The van der Waals surface area contributed by atoms with Gasteiger partial charge in [0, 0.05) is 22.6 Å². The second kappa shape index (κ2) is 5.58. The molecule has 0 aromatic carbocycles. The molecule has 0 amide bonds. The summed E-state index contributed by atoms with van der Waals surface area (Å²) in [6, 6.07) is 3.55. The first-order valence-corrected chi connectivity index (χ1v) is 6.73. The maximum absolute atomic E-state index is 12.3. The van der Waals surface area contributed by atoms with Crippen LogP contribution in [0.25, 0.3) is 0 Å². The summed E-state index contributed by atoms with van der Waals surface area (Å²) < 4.78 is 2.26. The zero-order chi connectivity index (χ0) is 14.9. The number of carbonyl (C=O) groups is 1. The Kier molecular flexibility index (Phi) is 4.04. The van der Waals surface area contributed by atoms with Gasteiger partial charge in [0.05, 0.1) is 6.54 Å². The standard InChI is InChI=1S/C14H13BrN2O3/c1-8-3-9(2)17(13(18)12(8)14(19)20)7-10-4-11(15)6-16-5-10/h3-6H,7H2,1-2H3,(H,19,20). The molecule has 0 aliphatic rings. The average Bonchev–Trinajstić information content (AvgIpc) is 2.33. The van der Waals surface area contributed by atoms with Crippen LogP contribution < -0.4 is 5.56 Å². The summed E-state index contributed by atoms with van der Waals surface area (Å²) >= 11 is 3.32. The van der Waals surface area contributed by atoms with E-state index in [0.29, 0.717) is 5.56 Å². The normalized spacial score (nSPS) is 10.6. The number of hydrogen-bond donors (Lipinski definition) is 1. The van der Waals surface area contributed by atoms with Gasteiger partial charge in [-0.3, -0.25) is 9.78 Å². The van der Waals surface area contributed by atoms with Crippen molar-refractivity contribution < 1.29 is 9.90 Å². The zero-order valence-corrected chi connectivity index (χ0v) is 12.6. The first-order chi connectivity index (χ1) is 9.40. The number of carboxylic acids is 1. The Balaban J connectivity index is 2.55. The summed E-state index contributed by atoms with van der Waals surface area (Å²) in [5.74, 6) is -1.20.